The summed E-state index contributed by atoms with van der Waals surface area (Å²) >= 11 is 5.97. The predicted molar refractivity (Wildman–Crippen MR) is 143 cm³/mol. The van der Waals surface area contributed by atoms with E-state index in [4.69, 9.17) is 26.3 Å². The summed E-state index contributed by atoms with van der Waals surface area (Å²) in [6.07, 6.45) is 4.01. The second kappa shape index (κ2) is 11.5. The number of nitrogens with zero attached hydrogens (tertiary/aromatic N) is 3. The van der Waals surface area contributed by atoms with E-state index in [2.05, 4.69) is 29.8 Å². The molecule has 2 aromatic carbocycles. The van der Waals surface area contributed by atoms with Crippen molar-refractivity contribution >= 4 is 17.6 Å². The molecule has 1 aliphatic heterocycles. The maximum Gasteiger partial charge on any atom is 0.330 e. The van der Waals surface area contributed by atoms with Crippen LogP contribution in [-0.4, -0.2) is 33.9 Å². The van der Waals surface area contributed by atoms with Gasteiger partial charge in [0.05, 0.1) is 16.8 Å². The van der Waals surface area contributed by atoms with Crippen molar-refractivity contribution in [3.63, 3.8) is 0 Å². The molecule has 0 unspecified atom stereocenters. The quantitative estimate of drug-likeness (QED) is 0.315. The summed E-state index contributed by atoms with van der Waals surface area (Å²) in [5.74, 6) is 1.69. The monoisotopic (exact) mass is 509 g/mol. The van der Waals surface area contributed by atoms with Gasteiger partial charge in [0, 0.05) is 36.1 Å². The number of hydrogen-bond acceptors (Lipinski definition) is 5. The molecule has 1 aliphatic rings. The molecule has 1 saturated heterocycles. The van der Waals surface area contributed by atoms with E-state index in [1.54, 1.807) is 5.06 Å². The summed E-state index contributed by atoms with van der Waals surface area (Å²) < 4.78 is 8.10. The van der Waals surface area contributed by atoms with Crippen molar-refractivity contribution in [1.82, 2.24) is 14.8 Å². The lowest BCUT2D eigenvalue weighted by atomic mass is 9.94. The van der Waals surface area contributed by atoms with Gasteiger partial charge < -0.3 is 9.57 Å². The number of hydroxylamine groups is 2. The highest BCUT2D eigenvalue weighted by molar-refractivity contribution is 6.30. The molecule has 0 spiro atoms. The fourth-order valence-electron chi connectivity index (χ4n) is 4.18. The second-order valence-electron chi connectivity index (χ2n) is 10.4. The third-order valence-electron chi connectivity index (χ3n) is 6.42. The van der Waals surface area contributed by atoms with Crippen molar-refractivity contribution in [2.45, 2.75) is 65.8 Å². The first-order valence-corrected chi connectivity index (χ1v) is 13.2. The Balaban J connectivity index is 1.45. The SMILES string of the molecule is CCCCn1nc(C2CCN(OC(=O)C(C)(C)C)CC2)cc1-c1ccc(Oc2ccc(Cl)cc2)cc1. The number of carbonyl (C=O) groups excluding carboxylic acids is 1. The first kappa shape index (κ1) is 26.2. The maximum atomic E-state index is 12.2. The number of halogens is 1. The van der Waals surface area contributed by atoms with Gasteiger partial charge in [0.1, 0.15) is 11.5 Å². The summed E-state index contributed by atoms with van der Waals surface area (Å²) in [5.41, 5.74) is 2.85. The summed E-state index contributed by atoms with van der Waals surface area (Å²) in [4.78, 5) is 17.8. The van der Waals surface area contributed by atoms with Crippen LogP contribution < -0.4 is 4.74 Å². The van der Waals surface area contributed by atoms with Crippen LogP contribution in [-0.2, 0) is 16.2 Å². The Bertz CT molecular complexity index is 1140. The molecule has 2 heterocycles. The van der Waals surface area contributed by atoms with Crippen LogP contribution in [0.25, 0.3) is 11.3 Å². The minimum absolute atomic E-state index is 0.185. The fourth-order valence-corrected chi connectivity index (χ4v) is 4.30. The molecule has 7 heteroatoms. The Morgan fingerprint density at radius 1 is 1.03 bits per heavy atom. The molecule has 0 bridgehead atoms. The van der Waals surface area contributed by atoms with Crippen LogP contribution in [0.3, 0.4) is 0 Å². The highest BCUT2D eigenvalue weighted by Crippen LogP contribution is 2.33. The van der Waals surface area contributed by atoms with Gasteiger partial charge in [-0.15, -0.1) is 5.06 Å². The molecule has 0 atom stereocenters. The topological polar surface area (TPSA) is 56.6 Å². The third-order valence-corrected chi connectivity index (χ3v) is 6.67. The Kier molecular flexibility index (Phi) is 8.37. The van der Waals surface area contributed by atoms with E-state index in [1.807, 2.05) is 57.2 Å². The van der Waals surface area contributed by atoms with Crippen LogP contribution in [0.1, 0.15) is 65.0 Å². The van der Waals surface area contributed by atoms with Crippen LogP contribution >= 0.6 is 11.6 Å². The zero-order valence-electron chi connectivity index (χ0n) is 21.7. The summed E-state index contributed by atoms with van der Waals surface area (Å²) in [6.45, 7) is 10.2. The average molecular weight is 510 g/mol. The molecule has 0 saturated carbocycles. The van der Waals surface area contributed by atoms with Crippen molar-refractivity contribution < 1.29 is 14.4 Å². The molecule has 1 aromatic heterocycles. The van der Waals surface area contributed by atoms with E-state index >= 15 is 0 Å². The predicted octanol–water partition coefficient (Wildman–Crippen LogP) is 7.48. The normalized spacial score (nSPS) is 15.1. The third kappa shape index (κ3) is 6.68. The number of ether oxygens (including phenoxy) is 1. The molecular formula is C29H36ClN3O3. The summed E-state index contributed by atoms with van der Waals surface area (Å²) in [7, 11) is 0. The van der Waals surface area contributed by atoms with Crippen LogP contribution in [0.2, 0.25) is 5.02 Å². The molecule has 3 aromatic rings. The summed E-state index contributed by atoms with van der Waals surface area (Å²) in [6, 6.07) is 17.7. The molecule has 0 amide bonds. The number of piperidine rings is 1. The first-order chi connectivity index (χ1) is 17.2. The lowest BCUT2D eigenvalue weighted by molar-refractivity contribution is -0.204. The molecule has 36 heavy (non-hydrogen) atoms. The first-order valence-electron chi connectivity index (χ1n) is 12.8. The van der Waals surface area contributed by atoms with Crippen molar-refractivity contribution in [2.75, 3.05) is 13.1 Å². The molecule has 0 N–H and O–H groups in total. The van der Waals surface area contributed by atoms with Crippen LogP contribution in [0.5, 0.6) is 11.5 Å². The van der Waals surface area contributed by atoms with Crippen LogP contribution in [0, 0.1) is 5.41 Å². The second-order valence-corrected chi connectivity index (χ2v) is 10.9. The van der Waals surface area contributed by atoms with Gasteiger partial charge in [-0.2, -0.15) is 5.10 Å². The van der Waals surface area contributed by atoms with Gasteiger partial charge in [-0.05, 0) is 94.6 Å². The number of rotatable bonds is 8. The molecule has 192 valence electrons. The number of carbonyl (C=O) groups is 1. The van der Waals surface area contributed by atoms with Crippen molar-refractivity contribution in [2.24, 2.45) is 5.41 Å². The van der Waals surface area contributed by atoms with E-state index in [0.29, 0.717) is 10.9 Å². The Morgan fingerprint density at radius 3 is 2.22 bits per heavy atom. The smallest absolute Gasteiger partial charge is 0.330 e. The van der Waals surface area contributed by atoms with Gasteiger partial charge in [0.25, 0.3) is 0 Å². The number of unbranched alkanes of at least 4 members (excludes halogenated alkanes) is 1. The maximum absolute atomic E-state index is 12.2. The van der Waals surface area contributed by atoms with Gasteiger partial charge in [-0.3, -0.25) is 4.68 Å². The van der Waals surface area contributed by atoms with E-state index in [1.165, 1.54) is 0 Å². The van der Waals surface area contributed by atoms with Crippen molar-refractivity contribution in [3.8, 4) is 22.8 Å². The largest absolute Gasteiger partial charge is 0.457 e. The number of aromatic nitrogens is 2. The molecule has 0 radical (unpaired) electrons. The minimum atomic E-state index is -0.501. The van der Waals surface area contributed by atoms with Gasteiger partial charge in [-0.1, -0.05) is 24.9 Å². The van der Waals surface area contributed by atoms with E-state index in [-0.39, 0.29) is 5.97 Å². The molecule has 0 aliphatic carbocycles. The van der Waals surface area contributed by atoms with Gasteiger partial charge in [0.2, 0.25) is 0 Å². The van der Waals surface area contributed by atoms with Gasteiger partial charge in [-0.25, -0.2) is 4.79 Å². The van der Waals surface area contributed by atoms with Crippen LogP contribution in [0.4, 0.5) is 0 Å². The Labute approximate surface area is 219 Å². The minimum Gasteiger partial charge on any atom is -0.457 e. The molecular weight excluding hydrogens is 474 g/mol. The van der Waals surface area contributed by atoms with E-state index in [9.17, 15) is 4.79 Å². The van der Waals surface area contributed by atoms with Gasteiger partial charge >= 0.3 is 5.97 Å². The number of hydrogen-bond donors (Lipinski definition) is 0. The molecule has 6 nitrogen and oxygen atoms in total. The lowest BCUT2D eigenvalue weighted by Gasteiger charge is -2.31. The summed E-state index contributed by atoms with van der Waals surface area (Å²) in [5, 5.41) is 7.51. The zero-order chi connectivity index (χ0) is 25.7. The van der Waals surface area contributed by atoms with Crippen molar-refractivity contribution in [3.05, 3.63) is 65.3 Å². The fraction of sp³-hybridized carbons (Fsp3) is 0.448. The highest BCUT2D eigenvalue weighted by atomic mass is 35.5. The number of benzene rings is 2. The molecule has 1 fully saturated rings. The van der Waals surface area contributed by atoms with E-state index < -0.39 is 5.41 Å². The Morgan fingerprint density at radius 2 is 1.64 bits per heavy atom. The van der Waals surface area contributed by atoms with E-state index in [0.717, 1.165) is 73.8 Å². The lowest BCUT2D eigenvalue weighted by Crippen LogP contribution is -2.38. The zero-order valence-corrected chi connectivity index (χ0v) is 22.4. The standard InChI is InChI=1S/C29H36ClN3O3/c1-5-6-17-33-27(22-7-11-24(12-8-22)35-25-13-9-23(30)10-14-25)20-26(31-33)21-15-18-32(19-16-21)36-28(34)29(2,3)4/h7-14,20-21H,5-6,15-19H2,1-4H3. The Hall–Kier alpha value is -2.83. The van der Waals surface area contributed by atoms with Gasteiger partial charge in [0.15, 0.2) is 0 Å². The van der Waals surface area contributed by atoms with Crippen LogP contribution in [0.15, 0.2) is 54.6 Å². The molecule has 4 rings (SSSR count). The highest BCUT2D eigenvalue weighted by Gasteiger charge is 2.30. The van der Waals surface area contributed by atoms with Crippen molar-refractivity contribution in [1.29, 1.82) is 0 Å². The average Bonchev–Trinajstić information content (AvgIpc) is 3.28. The number of aryl methyl sites for hydroxylation is 1.